The lowest BCUT2D eigenvalue weighted by Gasteiger charge is -2.36. The van der Waals surface area contributed by atoms with Crippen LogP contribution in [0.15, 0.2) is 0 Å². The Morgan fingerprint density at radius 2 is 1.63 bits per heavy atom. The third-order valence-corrected chi connectivity index (χ3v) is 7.19. The molecule has 4 heteroatoms. The number of hydrogen-bond donors (Lipinski definition) is 0. The molecule has 0 aromatic carbocycles. The summed E-state index contributed by atoms with van der Waals surface area (Å²) in [6.07, 6.45) is 5.30. The molecule has 2 nitrogen and oxygen atoms in total. The van der Waals surface area contributed by atoms with Crippen LogP contribution >= 0.6 is 31.9 Å². The van der Waals surface area contributed by atoms with Gasteiger partial charge in [0.05, 0.1) is 8.65 Å². The van der Waals surface area contributed by atoms with E-state index in [9.17, 15) is 4.79 Å². The summed E-state index contributed by atoms with van der Waals surface area (Å²) < 4.78 is 5.47. The molecule has 0 N–H and O–H groups in total. The van der Waals surface area contributed by atoms with E-state index in [0.717, 1.165) is 25.2 Å². The van der Waals surface area contributed by atoms with Crippen LogP contribution in [0.25, 0.3) is 0 Å². The van der Waals surface area contributed by atoms with Gasteiger partial charge in [0.2, 0.25) is 0 Å². The van der Waals surface area contributed by atoms with Crippen LogP contribution in [-0.2, 0) is 9.53 Å². The lowest BCUT2D eigenvalue weighted by Crippen LogP contribution is -2.32. The summed E-state index contributed by atoms with van der Waals surface area (Å²) in [6.45, 7) is 8.87. The smallest absolute Gasteiger partial charge is 0.314 e. The summed E-state index contributed by atoms with van der Waals surface area (Å²) in [7, 11) is 0. The van der Waals surface area contributed by atoms with Crippen molar-refractivity contribution in [1.82, 2.24) is 0 Å². The molecule has 0 bridgehead atoms. The standard InChI is InChI=1S/C15H24Br2O2/c1-13(2,3)10-5-7-11(8-6-10)19-12(18)14(4)9-15(14,16)17/h10-11H,5-9H2,1-4H3. The summed E-state index contributed by atoms with van der Waals surface area (Å²) in [6, 6.07) is 0. The molecule has 0 spiro atoms. The van der Waals surface area contributed by atoms with Gasteiger partial charge in [-0.2, -0.15) is 0 Å². The average molecular weight is 396 g/mol. The highest BCUT2D eigenvalue weighted by molar-refractivity contribution is 9.25. The Kier molecular flexibility index (Phi) is 4.17. The first-order valence-electron chi connectivity index (χ1n) is 7.15. The quantitative estimate of drug-likeness (QED) is 0.484. The molecule has 0 aliphatic heterocycles. The van der Waals surface area contributed by atoms with Crippen molar-refractivity contribution in [1.29, 1.82) is 0 Å². The SMILES string of the molecule is CC(C)(C)C1CCC(OC(=O)C2(C)CC2(Br)Br)CC1. The maximum Gasteiger partial charge on any atom is 0.314 e. The second kappa shape index (κ2) is 5.01. The van der Waals surface area contributed by atoms with Crippen LogP contribution in [0.1, 0.15) is 59.8 Å². The van der Waals surface area contributed by atoms with Gasteiger partial charge in [0.15, 0.2) is 0 Å². The molecule has 19 heavy (non-hydrogen) atoms. The molecule has 1 unspecified atom stereocenters. The van der Waals surface area contributed by atoms with Crippen molar-refractivity contribution in [2.24, 2.45) is 16.7 Å². The number of esters is 1. The van der Waals surface area contributed by atoms with Crippen molar-refractivity contribution in [3.63, 3.8) is 0 Å². The van der Waals surface area contributed by atoms with Crippen LogP contribution in [0, 0.1) is 16.7 Å². The molecular weight excluding hydrogens is 372 g/mol. The van der Waals surface area contributed by atoms with E-state index >= 15 is 0 Å². The normalized spacial score (nSPS) is 37.8. The molecule has 2 fully saturated rings. The highest BCUT2D eigenvalue weighted by atomic mass is 79.9. The van der Waals surface area contributed by atoms with Crippen LogP contribution < -0.4 is 0 Å². The van der Waals surface area contributed by atoms with Gasteiger partial charge in [0.1, 0.15) is 6.10 Å². The number of halogens is 2. The topological polar surface area (TPSA) is 26.3 Å². The second-order valence-corrected chi connectivity index (χ2v) is 11.2. The minimum atomic E-state index is -0.395. The molecule has 0 saturated heterocycles. The highest BCUT2D eigenvalue weighted by Crippen LogP contribution is 2.66. The van der Waals surface area contributed by atoms with Gasteiger partial charge in [0.25, 0.3) is 0 Å². The minimum absolute atomic E-state index is 0.0551. The van der Waals surface area contributed by atoms with E-state index in [2.05, 4.69) is 52.6 Å². The van der Waals surface area contributed by atoms with Crippen LogP contribution in [0.3, 0.4) is 0 Å². The zero-order chi connectivity index (χ0) is 14.5. The van der Waals surface area contributed by atoms with E-state index in [1.165, 1.54) is 12.8 Å². The van der Waals surface area contributed by atoms with Crippen molar-refractivity contribution in [2.75, 3.05) is 0 Å². The fraction of sp³-hybridized carbons (Fsp3) is 0.933. The minimum Gasteiger partial charge on any atom is -0.462 e. The van der Waals surface area contributed by atoms with Gasteiger partial charge >= 0.3 is 5.97 Å². The first kappa shape index (κ1) is 15.8. The average Bonchev–Trinajstić information content (AvgIpc) is 2.79. The van der Waals surface area contributed by atoms with Crippen molar-refractivity contribution in [2.45, 2.75) is 69.1 Å². The van der Waals surface area contributed by atoms with Crippen molar-refractivity contribution < 1.29 is 9.53 Å². The molecule has 2 aliphatic rings. The molecule has 0 heterocycles. The monoisotopic (exact) mass is 394 g/mol. The van der Waals surface area contributed by atoms with E-state index in [0.29, 0.717) is 5.41 Å². The zero-order valence-electron chi connectivity index (χ0n) is 12.3. The third-order valence-electron chi connectivity index (χ3n) is 4.88. The van der Waals surface area contributed by atoms with Crippen molar-refractivity contribution in [3.05, 3.63) is 0 Å². The second-order valence-electron chi connectivity index (χ2n) is 7.46. The fourth-order valence-electron chi connectivity index (χ4n) is 2.95. The molecule has 0 aromatic rings. The molecule has 1 atom stereocenters. The lowest BCUT2D eigenvalue weighted by molar-refractivity contribution is -0.157. The van der Waals surface area contributed by atoms with Crippen LogP contribution in [0.5, 0.6) is 0 Å². The van der Waals surface area contributed by atoms with Gasteiger partial charge in [0, 0.05) is 0 Å². The molecule has 2 rings (SSSR count). The fourth-order valence-corrected chi connectivity index (χ4v) is 4.39. The van der Waals surface area contributed by atoms with Crippen molar-refractivity contribution >= 4 is 37.8 Å². The van der Waals surface area contributed by atoms with E-state index in [1.807, 2.05) is 6.92 Å². The summed E-state index contributed by atoms with van der Waals surface area (Å²) in [5.41, 5.74) is -0.0216. The maximum absolute atomic E-state index is 12.2. The number of ether oxygens (including phenoxy) is 1. The zero-order valence-corrected chi connectivity index (χ0v) is 15.4. The van der Waals surface area contributed by atoms with Crippen LogP contribution in [-0.4, -0.2) is 15.3 Å². The Morgan fingerprint density at radius 3 is 2.00 bits per heavy atom. The van der Waals surface area contributed by atoms with Gasteiger partial charge in [-0.3, -0.25) is 4.79 Å². The highest BCUT2D eigenvalue weighted by Gasteiger charge is 2.68. The predicted molar refractivity (Wildman–Crippen MR) is 84.6 cm³/mol. The maximum atomic E-state index is 12.2. The number of rotatable bonds is 2. The van der Waals surface area contributed by atoms with Gasteiger partial charge in [-0.25, -0.2) is 0 Å². The van der Waals surface area contributed by atoms with E-state index in [-0.39, 0.29) is 15.3 Å². The Hall–Kier alpha value is 0.430. The van der Waals surface area contributed by atoms with Gasteiger partial charge in [-0.1, -0.05) is 52.6 Å². The van der Waals surface area contributed by atoms with Gasteiger partial charge < -0.3 is 4.74 Å². The molecule has 2 aliphatic carbocycles. The predicted octanol–water partition coefficient (Wildman–Crippen LogP) is 5.03. The van der Waals surface area contributed by atoms with E-state index in [1.54, 1.807) is 0 Å². The molecule has 0 amide bonds. The summed E-state index contributed by atoms with van der Waals surface area (Å²) in [5.74, 6) is 0.700. The molecule has 110 valence electrons. The number of hydrogen-bond acceptors (Lipinski definition) is 2. The Morgan fingerprint density at radius 1 is 1.16 bits per heavy atom. The van der Waals surface area contributed by atoms with Crippen LogP contribution in [0.4, 0.5) is 0 Å². The molecule has 0 radical (unpaired) electrons. The number of carbonyl (C=O) groups is 1. The first-order chi connectivity index (χ1) is 8.56. The third kappa shape index (κ3) is 3.20. The first-order valence-corrected chi connectivity index (χ1v) is 8.74. The molecule has 2 saturated carbocycles. The van der Waals surface area contributed by atoms with Gasteiger partial charge in [-0.05, 0) is 50.4 Å². The molecule has 0 aromatic heterocycles. The van der Waals surface area contributed by atoms with Crippen LogP contribution in [0.2, 0.25) is 0 Å². The molecular formula is C15H24Br2O2. The van der Waals surface area contributed by atoms with Gasteiger partial charge in [-0.15, -0.1) is 0 Å². The number of carbonyl (C=O) groups excluding carboxylic acids is 1. The van der Waals surface area contributed by atoms with E-state index in [4.69, 9.17) is 4.74 Å². The summed E-state index contributed by atoms with van der Waals surface area (Å²) >= 11 is 7.05. The number of alkyl halides is 2. The largest absolute Gasteiger partial charge is 0.462 e. The Labute approximate surface area is 133 Å². The van der Waals surface area contributed by atoms with E-state index < -0.39 is 5.41 Å². The Balaban J connectivity index is 1.82. The Bertz CT molecular complexity index is 365. The summed E-state index contributed by atoms with van der Waals surface area (Å²) in [4.78, 5) is 12.2. The lowest BCUT2D eigenvalue weighted by atomic mass is 9.72. The van der Waals surface area contributed by atoms with Crippen molar-refractivity contribution in [3.8, 4) is 0 Å². The summed E-state index contributed by atoms with van der Waals surface area (Å²) in [5, 5.41) is 0.